The van der Waals surface area contributed by atoms with Crippen LogP contribution in [0.2, 0.25) is 0 Å². The monoisotopic (exact) mass is 213 g/mol. The van der Waals surface area contributed by atoms with Crippen LogP contribution in [-0.4, -0.2) is 29.3 Å². The Hall–Kier alpha value is -1.07. The molecular formula is C10H19N3O2. The molecule has 1 heterocycles. The summed E-state index contributed by atoms with van der Waals surface area (Å²) >= 11 is 0. The Balaban J connectivity index is 2.60. The largest absolute Gasteiger partial charge is 0.384 e. The SMILES string of the molecule is CCOC(Cn1nc(C)cc1N)OCC. The summed E-state index contributed by atoms with van der Waals surface area (Å²) in [5.41, 5.74) is 6.67. The molecule has 1 rings (SSSR count). The summed E-state index contributed by atoms with van der Waals surface area (Å²) in [5, 5.41) is 4.25. The van der Waals surface area contributed by atoms with Crippen LogP contribution in [0.4, 0.5) is 5.82 Å². The zero-order valence-corrected chi connectivity index (χ0v) is 9.56. The maximum Gasteiger partial charge on any atom is 0.177 e. The number of ether oxygens (including phenoxy) is 2. The predicted molar refractivity (Wildman–Crippen MR) is 58.4 cm³/mol. The van der Waals surface area contributed by atoms with Crippen LogP contribution >= 0.6 is 0 Å². The molecule has 1 aromatic heterocycles. The summed E-state index contributed by atoms with van der Waals surface area (Å²) in [5.74, 6) is 0.636. The molecule has 0 saturated heterocycles. The van der Waals surface area contributed by atoms with Gasteiger partial charge >= 0.3 is 0 Å². The second-order valence-electron chi connectivity index (χ2n) is 3.23. The molecule has 0 fully saturated rings. The van der Waals surface area contributed by atoms with Gasteiger partial charge in [0.05, 0.1) is 12.2 Å². The van der Waals surface area contributed by atoms with Gasteiger partial charge in [0.25, 0.3) is 0 Å². The molecule has 0 aliphatic heterocycles. The number of aromatic nitrogens is 2. The number of rotatable bonds is 6. The zero-order chi connectivity index (χ0) is 11.3. The minimum atomic E-state index is -0.276. The van der Waals surface area contributed by atoms with Crippen molar-refractivity contribution in [3.63, 3.8) is 0 Å². The molecule has 0 atom stereocenters. The van der Waals surface area contributed by atoms with Gasteiger partial charge in [-0.05, 0) is 20.8 Å². The first-order valence-electron chi connectivity index (χ1n) is 5.20. The minimum absolute atomic E-state index is 0.276. The number of anilines is 1. The Bertz CT molecular complexity index is 293. The number of nitrogen functional groups attached to an aromatic ring is 1. The Labute approximate surface area is 90.2 Å². The van der Waals surface area contributed by atoms with E-state index in [1.165, 1.54) is 0 Å². The van der Waals surface area contributed by atoms with Crippen molar-refractivity contribution in [2.24, 2.45) is 0 Å². The van der Waals surface area contributed by atoms with E-state index >= 15 is 0 Å². The lowest BCUT2D eigenvalue weighted by Gasteiger charge is -2.17. The Morgan fingerprint density at radius 2 is 2.00 bits per heavy atom. The van der Waals surface area contributed by atoms with E-state index in [2.05, 4.69) is 5.10 Å². The van der Waals surface area contributed by atoms with Crippen LogP contribution in [0.1, 0.15) is 19.5 Å². The van der Waals surface area contributed by atoms with Gasteiger partial charge in [0.15, 0.2) is 6.29 Å². The summed E-state index contributed by atoms with van der Waals surface area (Å²) in [6.45, 7) is 7.54. The van der Waals surface area contributed by atoms with Crippen molar-refractivity contribution in [2.45, 2.75) is 33.6 Å². The summed E-state index contributed by atoms with van der Waals surface area (Å²) < 4.78 is 12.5. The molecule has 0 radical (unpaired) electrons. The van der Waals surface area contributed by atoms with Crippen molar-refractivity contribution < 1.29 is 9.47 Å². The fourth-order valence-corrected chi connectivity index (χ4v) is 1.38. The Morgan fingerprint density at radius 3 is 2.40 bits per heavy atom. The molecule has 86 valence electrons. The average Bonchev–Trinajstić information content (AvgIpc) is 2.46. The highest BCUT2D eigenvalue weighted by atomic mass is 16.7. The summed E-state index contributed by atoms with van der Waals surface area (Å²) in [6.07, 6.45) is -0.276. The third-order valence-electron chi connectivity index (χ3n) is 1.96. The van der Waals surface area contributed by atoms with E-state index in [0.29, 0.717) is 25.6 Å². The first-order chi connectivity index (χ1) is 7.17. The molecule has 0 spiro atoms. The van der Waals surface area contributed by atoms with Crippen molar-refractivity contribution in [1.29, 1.82) is 0 Å². The van der Waals surface area contributed by atoms with Crippen LogP contribution in [-0.2, 0) is 16.0 Å². The highest BCUT2D eigenvalue weighted by molar-refractivity contribution is 5.30. The number of nitrogens with zero attached hydrogens (tertiary/aromatic N) is 2. The highest BCUT2D eigenvalue weighted by Crippen LogP contribution is 2.08. The standard InChI is InChI=1S/C10H19N3O2/c1-4-14-10(15-5-2)7-13-9(11)6-8(3)12-13/h6,10H,4-5,7,11H2,1-3H3. The molecule has 1 aromatic rings. The summed E-state index contributed by atoms with van der Waals surface area (Å²) in [4.78, 5) is 0. The van der Waals surface area contributed by atoms with Crippen molar-refractivity contribution >= 4 is 5.82 Å². The molecule has 5 nitrogen and oxygen atoms in total. The molecule has 15 heavy (non-hydrogen) atoms. The molecule has 0 aliphatic rings. The minimum Gasteiger partial charge on any atom is -0.384 e. The number of nitrogens with two attached hydrogens (primary N) is 1. The van der Waals surface area contributed by atoms with Crippen molar-refractivity contribution in [3.8, 4) is 0 Å². The summed E-state index contributed by atoms with van der Waals surface area (Å²) in [7, 11) is 0. The third-order valence-corrected chi connectivity index (χ3v) is 1.96. The molecule has 5 heteroatoms. The number of hydrogen-bond acceptors (Lipinski definition) is 4. The lowest BCUT2D eigenvalue weighted by molar-refractivity contribution is -0.144. The van der Waals surface area contributed by atoms with Gasteiger partial charge in [0.2, 0.25) is 0 Å². The van der Waals surface area contributed by atoms with Crippen molar-refractivity contribution in [1.82, 2.24) is 9.78 Å². The van der Waals surface area contributed by atoms with Crippen LogP contribution in [0.5, 0.6) is 0 Å². The number of aryl methyl sites for hydroxylation is 1. The van der Waals surface area contributed by atoms with Gasteiger partial charge in [-0.3, -0.25) is 0 Å². The molecule has 0 aliphatic carbocycles. The molecule has 0 bridgehead atoms. The van der Waals surface area contributed by atoms with Crippen molar-refractivity contribution in [2.75, 3.05) is 18.9 Å². The van der Waals surface area contributed by atoms with E-state index in [9.17, 15) is 0 Å². The van der Waals surface area contributed by atoms with Gasteiger partial charge in [-0.25, -0.2) is 4.68 Å². The fraction of sp³-hybridized carbons (Fsp3) is 0.700. The molecular weight excluding hydrogens is 194 g/mol. The van der Waals surface area contributed by atoms with Crippen LogP contribution < -0.4 is 5.73 Å². The molecule has 0 aromatic carbocycles. The van der Waals surface area contributed by atoms with E-state index in [-0.39, 0.29) is 6.29 Å². The topological polar surface area (TPSA) is 62.3 Å². The maximum atomic E-state index is 5.77. The van der Waals surface area contributed by atoms with E-state index in [0.717, 1.165) is 5.69 Å². The van der Waals surface area contributed by atoms with Crippen LogP contribution in [0, 0.1) is 6.92 Å². The van der Waals surface area contributed by atoms with Gasteiger partial charge in [-0.1, -0.05) is 0 Å². The summed E-state index contributed by atoms with van der Waals surface area (Å²) in [6, 6.07) is 1.83. The molecule has 0 saturated carbocycles. The maximum absolute atomic E-state index is 5.77. The lowest BCUT2D eigenvalue weighted by atomic mass is 10.5. The predicted octanol–water partition coefficient (Wildman–Crippen LogP) is 1.17. The Morgan fingerprint density at radius 1 is 1.40 bits per heavy atom. The third kappa shape index (κ3) is 3.53. The number of hydrogen-bond donors (Lipinski definition) is 1. The quantitative estimate of drug-likeness (QED) is 0.721. The highest BCUT2D eigenvalue weighted by Gasteiger charge is 2.11. The van der Waals surface area contributed by atoms with Gasteiger partial charge in [0.1, 0.15) is 5.82 Å². The van der Waals surface area contributed by atoms with Crippen LogP contribution in [0.15, 0.2) is 6.07 Å². The first kappa shape index (κ1) is 12.0. The zero-order valence-electron chi connectivity index (χ0n) is 9.56. The second kappa shape index (κ2) is 5.72. The van der Waals surface area contributed by atoms with E-state index in [4.69, 9.17) is 15.2 Å². The normalized spacial score (nSPS) is 11.2. The van der Waals surface area contributed by atoms with Crippen LogP contribution in [0.3, 0.4) is 0 Å². The van der Waals surface area contributed by atoms with E-state index in [1.807, 2.05) is 26.8 Å². The average molecular weight is 213 g/mol. The Kier molecular flexibility index (Phi) is 4.58. The smallest absolute Gasteiger partial charge is 0.177 e. The molecule has 2 N–H and O–H groups in total. The lowest BCUT2D eigenvalue weighted by Crippen LogP contribution is -2.25. The second-order valence-corrected chi connectivity index (χ2v) is 3.23. The van der Waals surface area contributed by atoms with Gasteiger partial charge < -0.3 is 15.2 Å². The fourth-order valence-electron chi connectivity index (χ4n) is 1.38. The van der Waals surface area contributed by atoms with E-state index in [1.54, 1.807) is 4.68 Å². The van der Waals surface area contributed by atoms with Crippen molar-refractivity contribution in [3.05, 3.63) is 11.8 Å². The first-order valence-corrected chi connectivity index (χ1v) is 5.20. The van der Waals surface area contributed by atoms with Gasteiger partial charge in [-0.15, -0.1) is 0 Å². The van der Waals surface area contributed by atoms with E-state index < -0.39 is 0 Å². The van der Waals surface area contributed by atoms with Gasteiger partial charge in [0, 0.05) is 19.3 Å². The molecule has 0 unspecified atom stereocenters. The van der Waals surface area contributed by atoms with Crippen LogP contribution in [0.25, 0.3) is 0 Å². The molecule has 0 amide bonds. The van der Waals surface area contributed by atoms with Gasteiger partial charge in [-0.2, -0.15) is 5.10 Å².